The lowest BCUT2D eigenvalue weighted by Crippen LogP contribution is -2.48. The van der Waals surface area contributed by atoms with Crippen LogP contribution in [0.5, 0.6) is 0 Å². The van der Waals surface area contributed by atoms with Crippen LogP contribution in [0.2, 0.25) is 0 Å². The molecule has 3 aromatic rings. The molecule has 1 saturated carbocycles. The average Bonchev–Trinajstić information content (AvgIpc) is 3.24. The highest BCUT2D eigenvalue weighted by Crippen LogP contribution is 2.30. The Hall–Kier alpha value is -2.36. The normalized spacial score (nSPS) is 22.8. The second kappa shape index (κ2) is 9.02. The number of amides is 1. The number of aromatic nitrogens is 2. The highest BCUT2D eigenvalue weighted by molar-refractivity contribution is 7.89. The van der Waals surface area contributed by atoms with E-state index in [9.17, 15) is 13.2 Å². The molecule has 0 unspecified atom stereocenters. The number of nitrogens with zero attached hydrogens (tertiary/aromatic N) is 2. The molecule has 1 aliphatic rings. The van der Waals surface area contributed by atoms with Crippen LogP contribution >= 0.6 is 11.7 Å². The molecule has 1 fully saturated rings. The van der Waals surface area contributed by atoms with Gasteiger partial charge in [-0.15, -0.1) is 0 Å². The van der Waals surface area contributed by atoms with Gasteiger partial charge in [0.05, 0.1) is 11.7 Å². The first-order valence-electron chi connectivity index (χ1n) is 10.5. The number of benzene rings is 2. The monoisotopic (exact) mass is 458 g/mol. The van der Waals surface area contributed by atoms with Gasteiger partial charge in [-0.25, -0.2) is 8.42 Å². The van der Waals surface area contributed by atoms with Crippen molar-refractivity contribution in [1.82, 2.24) is 18.8 Å². The first-order chi connectivity index (χ1) is 14.9. The second-order valence-corrected chi connectivity index (χ2v) is 10.4. The fraction of sp³-hybridized carbons (Fsp3) is 0.409. The molecule has 0 aliphatic heterocycles. The summed E-state index contributed by atoms with van der Waals surface area (Å²) in [6.07, 6.45) is 3.10. The Balaban J connectivity index is 1.64. The Kier molecular flexibility index (Phi) is 6.36. The van der Waals surface area contributed by atoms with E-state index in [1.165, 1.54) is 6.07 Å². The van der Waals surface area contributed by atoms with Crippen LogP contribution in [0, 0.1) is 11.8 Å². The summed E-state index contributed by atoms with van der Waals surface area (Å²) in [5, 5.41) is 3.11. The van der Waals surface area contributed by atoms with Gasteiger partial charge in [0.15, 0.2) is 0 Å². The molecule has 1 heterocycles. The molecule has 0 radical (unpaired) electrons. The van der Waals surface area contributed by atoms with Crippen molar-refractivity contribution in [2.75, 3.05) is 0 Å². The zero-order valence-corrected chi connectivity index (χ0v) is 19.1. The molecule has 4 rings (SSSR count). The third-order valence-corrected chi connectivity index (χ3v) is 8.24. The third-order valence-electron chi connectivity index (χ3n) is 6.24. The van der Waals surface area contributed by atoms with Crippen LogP contribution in [0.1, 0.15) is 44.7 Å². The van der Waals surface area contributed by atoms with Crippen LogP contribution in [-0.2, 0) is 14.8 Å². The minimum absolute atomic E-state index is 0.0205. The molecule has 164 valence electrons. The quantitative estimate of drug-likeness (QED) is 0.587. The zero-order chi connectivity index (χ0) is 22.0. The lowest BCUT2D eigenvalue weighted by molar-refractivity contribution is -0.124. The molecule has 2 aromatic carbocycles. The molecule has 0 bridgehead atoms. The van der Waals surface area contributed by atoms with Crippen LogP contribution in [-0.4, -0.2) is 29.1 Å². The zero-order valence-electron chi connectivity index (χ0n) is 17.5. The molecule has 9 heteroatoms. The van der Waals surface area contributed by atoms with E-state index in [0.717, 1.165) is 31.0 Å². The lowest BCUT2D eigenvalue weighted by Gasteiger charge is -2.35. The Morgan fingerprint density at radius 2 is 1.84 bits per heavy atom. The summed E-state index contributed by atoms with van der Waals surface area (Å²) in [5.41, 5.74) is 1.41. The molecular formula is C22H26N4O3S2. The predicted octanol–water partition coefficient (Wildman–Crippen LogP) is 3.65. The van der Waals surface area contributed by atoms with Crippen molar-refractivity contribution in [3.05, 3.63) is 54.1 Å². The van der Waals surface area contributed by atoms with Crippen molar-refractivity contribution in [3.63, 3.8) is 0 Å². The maximum atomic E-state index is 13.3. The van der Waals surface area contributed by atoms with E-state index in [0.29, 0.717) is 28.4 Å². The number of carbonyl (C=O) groups is 1. The molecule has 1 amide bonds. The number of rotatable bonds is 6. The fourth-order valence-electron chi connectivity index (χ4n) is 4.19. The third kappa shape index (κ3) is 4.63. The van der Waals surface area contributed by atoms with Gasteiger partial charge in [-0.1, -0.05) is 63.1 Å². The number of fused-ring (bicyclic) bond motifs is 1. The minimum atomic E-state index is -4.02. The Bertz CT molecular complexity index is 1160. The topological polar surface area (TPSA) is 101 Å². The summed E-state index contributed by atoms with van der Waals surface area (Å²) in [4.78, 5) is 13.3. The van der Waals surface area contributed by atoms with E-state index < -0.39 is 16.1 Å². The van der Waals surface area contributed by atoms with Gasteiger partial charge in [0.2, 0.25) is 15.9 Å². The number of nitrogens with one attached hydrogen (secondary N) is 2. The molecule has 1 aliphatic carbocycles. The molecule has 1 aromatic heterocycles. The summed E-state index contributed by atoms with van der Waals surface area (Å²) in [6, 6.07) is 12.7. The predicted molar refractivity (Wildman–Crippen MR) is 121 cm³/mol. The van der Waals surface area contributed by atoms with Crippen molar-refractivity contribution in [3.8, 4) is 0 Å². The van der Waals surface area contributed by atoms with Crippen LogP contribution in [0.15, 0.2) is 53.4 Å². The highest BCUT2D eigenvalue weighted by atomic mass is 32.2. The number of carbonyl (C=O) groups excluding carboxylic acids is 1. The standard InChI is InChI=1S/C22H26N4O3S2/c1-14-8-6-11-17(15(14)2)23-22(27)20(16-9-4-3-5-10-16)26-31(28,29)19-13-7-12-18-21(19)25-30-24-18/h3-5,7,9-10,12-15,17,20,26H,6,8,11H2,1-2H3,(H,23,27)/t14-,15-,17+,20-/m1/s1. The molecule has 31 heavy (non-hydrogen) atoms. The molecule has 7 nitrogen and oxygen atoms in total. The molecule has 0 spiro atoms. The smallest absolute Gasteiger partial charge is 0.243 e. The summed E-state index contributed by atoms with van der Waals surface area (Å²) in [5.74, 6) is 0.505. The van der Waals surface area contributed by atoms with Crippen molar-refractivity contribution >= 4 is 38.7 Å². The van der Waals surface area contributed by atoms with Crippen molar-refractivity contribution in [1.29, 1.82) is 0 Å². The summed E-state index contributed by atoms with van der Waals surface area (Å²) < 4.78 is 37.4. The van der Waals surface area contributed by atoms with Crippen molar-refractivity contribution in [2.24, 2.45) is 11.8 Å². The Morgan fingerprint density at radius 1 is 1.06 bits per heavy atom. The average molecular weight is 459 g/mol. The first kappa shape index (κ1) is 21.9. The van der Waals surface area contributed by atoms with Crippen LogP contribution in [0.4, 0.5) is 0 Å². The minimum Gasteiger partial charge on any atom is -0.351 e. The van der Waals surface area contributed by atoms with E-state index in [4.69, 9.17) is 0 Å². The van der Waals surface area contributed by atoms with E-state index in [1.807, 2.05) is 6.07 Å². The lowest BCUT2D eigenvalue weighted by atomic mass is 9.78. The maximum absolute atomic E-state index is 13.3. The number of hydrogen-bond acceptors (Lipinski definition) is 6. The highest BCUT2D eigenvalue weighted by Gasteiger charge is 2.33. The maximum Gasteiger partial charge on any atom is 0.243 e. The molecule has 0 saturated heterocycles. The van der Waals surface area contributed by atoms with E-state index in [1.54, 1.807) is 36.4 Å². The molecule has 2 N–H and O–H groups in total. The van der Waals surface area contributed by atoms with Gasteiger partial charge in [-0.2, -0.15) is 13.5 Å². The number of sulfonamides is 1. The van der Waals surface area contributed by atoms with E-state index >= 15 is 0 Å². The molecular weight excluding hydrogens is 432 g/mol. The van der Waals surface area contributed by atoms with Gasteiger partial charge in [-0.05, 0) is 36.0 Å². The fourth-order valence-corrected chi connectivity index (χ4v) is 6.14. The van der Waals surface area contributed by atoms with Gasteiger partial charge in [0, 0.05) is 6.04 Å². The van der Waals surface area contributed by atoms with Gasteiger partial charge >= 0.3 is 0 Å². The van der Waals surface area contributed by atoms with E-state index in [-0.39, 0.29) is 16.8 Å². The second-order valence-electron chi connectivity index (χ2n) is 8.24. The first-order valence-corrected chi connectivity index (χ1v) is 12.7. The SMILES string of the molecule is C[C@@H]1[C@H](C)CCC[C@@H]1NC(=O)[C@H](NS(=O)(=O)c1cccc2nsnc12)c1ccccc1. The van der Waals surface area contributed by atoms with Gasteiger partial charge < -0.3 is 5.32 Å². The van der Waals surface area contributed by atoms with Gasteiger partial charge in [-0.3, -0.25) is 4.79 Å². The van der Waals surface area contributed by atoms with Crippen LogP contribution < -0.4 is 10.0 Å². The Morgan fingerprint density at radius 3 is 2.61 bits per heavy atom. The Labute approximate surface area is 186 Å². The van der Waals surface area contributed by atoms with Gasteiger partial charge in [0.1, 0.15) is 22.0 Å². The van der Waals surface area contributed by atoms with Crippen LogP contribution in [0.25, 0.3) is 11.0 Å². The summed E-state index contributed by atoms with van der Waals surface area (Å²) >= 11 is 0.957. The largest absolute Gasteiger partial charge is 0.351 e. The van der Waals surface area contributed by atoms with Gasteiger partial charge in [0.25, 0.3) is 0 Å². The summed E-state index contributed by atoms with van der Waals surface area (Å²) in [6.45, 7) is 4.34. The summed E-state index contributed by atoms with van der Waals surface area (Å²) in [7, 11) is -4.02. The van der Waals surface area contributed by atoms with Crippen molar-refractivity contribution in [2.45, 2.75) is 50.1 Å². The number of hydrogen-bond donors (Lipinski definition) is 2. The molecule has 4 atom stereocenters. The van der Waals surface area contributed by atoms with Crippen LogP contribution in [0.3, 0.4) is 0 Å². The van der Waals surface area contributed by atoms with E-state index in [2.05, 4.69) is 32.6 Å². The van der Waals surface area contributed by atoms with Crippen molar-refractivity contribution < 1.29 is 13.2 Å².